The number of aryl methyl sites for hydroxylation is 1. The van der Waals surface area contributed by atoms with E-state index in [-0.39, 0.29) is 5.91 Å². The van der Waals surface area contributed by atoms with E-state index in [0.717, 1.165) is 5.69 Å². The zero-order valence-corrected chi connectivity index (χ0v) is 8.37. The van der Waals surface area contributed by atoms with E-state index in [1.807, 2.05) is 14.0 Å². The first kappa shape index (κ1) is 10.6. The summed E-state index contributed by atoms with van der Waals surface area (Å²) in [6, 6.07) is 0. The van der Waals surface area contributed by atoms with E-state index in [2.05, 4.69) is 20.6 Å². The van der Waals surface area contributed by atoms with E-state index in [1.165, 1.54) is 6.33 Å². The van der Waals surface area contributed by atoms with Gasteiger partial charge in [0.1, 0.15) is 6.33 Å². The Bertz CT molecular complexity index is 313. The van der Waals surface area contributed by atoms with E-state index < -0.39 is 0 Å². The van der Waals surface area contributed by atoms with Crippen molar-refractivity contribution in [1.82, 2.24) is 15.3 Å². The van der Waals surface area contributed by atoms with Gasteiger partial charge < -0.3 is 10.6 Å². The lowest BCUT2D eigenvalue weighted by Gasteiger charge is -2.05. The van der Waals surface area contributed by atoms with Gasteiger partial charge >= 0.3 is 0 Å². The Labute approximate surface area is 83.0 Å². The second-order valence-corrected chi connectivity index (χ2v) is 2.92. The summed E-state index contributed by atoms with van der Waals surface area (Å²) in [4.78, 5) is 19.1. The molecule has 0 fully saturated rings. The molecule has 2 N–H and O–H groups in total. The zero-order valence-electron chi connectivity index (χ0n) is 8.37. The number of carbonyl (C=O) groups is 1. The third-order valence-electron chi connectivity index (χ3n) is 1.79. The molecule has 0 saturated heterocycles. The predicted octanol–water partition coefficient (Wildman–Crippen LogP) is 0.333. The molecule has 1 aromatic rings. The fourth-order valence-electron chi connectivity index (χ4n) is 0.965. The number of hydrogen-bond donors (Lipinski definition) is 2. The maximum Gasteiger partial charge on any atom is 0.225 e. The first-order valence-electron chi connectivity index (χ1n) is 4.45. The summed E-state index contributed by atoms with van der Waals surface area (Å²) in [6.07, 6.45) is 3.50. The highest BCUT2D eigenvalue weighted by Crippen LogP contribution is 2.08. The maximum absolute atomic E-state index is 11.3. The molecule has 5 heteroatoms. The molecule has 0 saturated carbocycles. The Morgan fingerprint density at radius 3 is 3.00 bits per heavy atom. The number of nitrogens with zero attached hydrogens (tertiary/aromatic N) is 2. The first-order valence-corrected chi connectivity index (χ1v) is 4.45. The van der Waals surface area contributed by atoms with Crippen LogP contribution in [0.2, 0.25) is 0 Å². The van der Waals surface area contributed by atoms with Crippen molar-refractivity contribution >= 4 is 11.6 Å². The Balaban J connectivity index is 2.52. The summed E-state index contributed by atoms with van der Waals surface area (Å²) >= 11 is 0. The molecular formula is C9H14N4O. The second-order valence-electron chi connectivity index (χ2n) is 2.92. The average molecular weight is 194 g/mol. The Morgan fingerprint density at radius 1 is 1.57 bits per heavy atom. The van der Waals surface area contributed by atoms with E-state index in [9.17, 15) is 4.79 Å². The number of anilines is 1. The van der Waals surface area contributed by atoms with E-state index >= 15 is 0 Å². The number of aromatic nitrogens is 2. The highest BCUT2D eigenvalue weighted by Gasteiger charge is 2.03. The molecule has 0 spiro atoms. The van der Waals surface area contributed by atoms with Gasteiger partial charge in [-0.2, -0.15) is 0 Å². The third-order valence-corrected chi connectivity index (χ3v) is 1.79. The van der Waals surface area contributed by atoms with Gasteiger partial charge in [-0.15, -0.1) is 0 Å². The minimum Gasteiger partial charge on any atom is -0.323 e. The van der Waals surface area contributed by atoms with Crippen molar-refractivity contribution < 1.29 is 4.79 Å². The van der Waals surface area contributed by atoms with Crippen LogP contribution in [0.1, 0.15) is 12.1 Å². The summed E-state index contributed by atoms with van der Waals surface area (Å²) in [6.45, 7) is 2.49. The van der Waals surface area contributed by atoms with Crippen molar-refractivity contribution in [3.8, 4) is 0 Å². The summed E-state index contributed by atoms with van der Waals surface area (Å²) in [5.74, 6) is -0.0303. The second kappa shape index (κ2) is 5.29. The summed E-state index contributed by atoms with van der Waals surface area (Å²) in [5, 5.41) is 5.65. The molecule has 1 aromatic heterocycles. The Hall–Kier alpha value is -1.49. The molecule has 5 nitrogen and oxygen atoms in total. The fraction of sp³-hybridized carbons (Fsp3) is 0.444. The molecule has 76 valence electrons. The first-order chi connectivity index (χ1) is 6.74. The molecule has 0 unspecified atom stereocenters. The zero-order chi connectivity index (χ0) is 10.4. The number of nitrogens with one attached hydrogen (secondary N) is 2. The number of carbonyl (C=O) groups excluding carboxylic acids is 1. The van der Waals surface area contributed by atoms with Gasteiger partial charge in [0.25, 0.3) is 0 Å². The van der Waals surface area contributed by atoms with Crippen LogP contribution < -0.4 is 10.6 Å². The Kier molecular flexibility index (Phi) is 4.00. The van der Waals surface area contributed by atoms with Gasteiger partial charge in [0, 0.05) is 13.0 Å². The molecule has 0 aliphatic heterocycles. The molecule has 1 amide bonds. The summed E-state index contributed by atoms with van der Waals surface area (Å²) in [5.41, 5.74) is 1.45. The minimum absolute atomic E-state index is 0.0303. The Morgan fingerprint density at radius 2 is 2.36 bits per heavy atom. The van der Waals surface area contributed by atoms with Crippen molar-refractivity contribution in [2.45, 2.75) is 13.3 Å². The van der Waals surface area contributed by atoms with E-state index in [4.69, 9.17) is 0 Å². The SMILES string of the molecule is CNCCC(=O)Nc1cncnc1C. The topological polar surface area (TPSA) is 66.9 Å². The highest BCUT2D eigenvalue weighted by molar-refractivity contribution is 5.91. The highest BCUT2D eigenvalue weighted by atomic mass is 16.1. The molecule has 0 bridgehead atoms. The smallest absolute Gasteiger partial charge is 0.225 e. The van der Waals surface area contributed by atoms with Gasteiger partial charge in [-0.05, 0) is 14.0 Å². The van der Waals surface area contributed by atoms with Crippen molar-refractivity contribution in [1.29, 1.82) is 0 Å². The summed E-state index contributed by atoms with van der Waals surface area (Å²) < 4.78 is 0. The van der Waals surface area contributed by atoms with Crippen LogP contribution in [0.5, 0.6) is 0 Å². The van der Waals surface area contributed by atoms with Crippen LogP contribution in [-0.2, 0) is 4.79 Å². The van der Waals surface area contributed by atoms with Gasteiger partial charge in [-0.3, -0.25) is 4.79 Å². The van der Waals surface area contributed by atoms with Crippen LogP contribution in [0.15, 0.2) is 12.5 Å². The van der Waals surface area contributed by atoms with E-state index in [0.29, 0.717) is 18.7 Å². The largest absolute Gasteiger partial charge is 0.323 e. The molecule has 0 aliphatic rings. The van der Waals surface area contributed by atoms with Crippen molar-refractivity contribution in [3.05, 3.63) is 18.2 Å². The van der Waals surface area contributed by atoms with Crippen molar-refractivity contribution in [3.63, 3.8) is 0 Å². The molecule has 1 rings (SSSR count). The van der Waals surface area contributed by atoms with Crippen LogP contribution in [0.25, 0.3) is 0 Å². The van der Waals surface area contributed by atoms with Gasteiger partial charge in [0.05, 0.1) is 17.6 Å². The molecule has 0 atom stereocenters. The molecule has 14 heavy (non-hydrogen) atoms. The molecule has 0 aliphatic carbocycles. The molecule has 0 radical (unpaired) electrons. The fourth-order valence-corrected chi connectivity index (χ4v) is 0.965. The van der Waals surface area contributed by atoms with Crippen LogP contribution in [-0.4, -0.2) is 29.5 Å². The normalized spacial score (nSPS) is 9.86. The van der Waals surface area contributed by atoms with Crippen molar-refractivity contribution in [2.24, 2.45) is 0 Å². The lowest BCUT2D eigenvalue weighted by atomic mass is 10.3. The standard InChI is InChI=1S/C9H14N4O/c1-7-8(5-11-6-12-7)13-9(14)3-4-10-2/h5-6,10H,3-4H2,1-2H3,(H,13,14). The number of hydrogen-bond acceptors (Lipinski definition) is 4. The lowest BCUT2D eigenvalue weighted by Crippen LogP contribution is -2.19. The lowest BCUT2D eigenvalue weighted by molar-refractivity contribution is -0.116. The van der Waals surface area contributed by atoms with Crippen LogP contribution >= 0.6 is 0 Å². The number of amides is 1. The monoisotopic (exact) mass is 194 g/mol. The van der Waals surface area contributed by atoms with E-state index in [1.54, 1.807) is 6.20 Å². The van der Waals surface area contributed by atoms with Gasteiger partial charge in [-0.25, -0.2) is 9.97 Å². The van der Waals surface area contributed by atoms with Crippen LogP contribution in [0.4, 0.5) is 5.69 Å². The van der Waals surface area contributed by atoms with Crippen LogP contribution in [0.3, 0.4) is 0 Å². The summed E-state index contributed by atoms with van der Waals surface area (Å²) in [7, 11) is 1.81. The van der Waals surface area contributed by atoms with Gasteiger partial charge in [0.15, 0.2) is 0 Å². The number of rotatable bonds is 4. The molecule has 1 heterocycles. The average Bonchev–Trinajstić information content (AvgIpc) is 2.18. The molecule has 0 aromatic carbocycles. The quantitative estimate of drug-likeness (QED) is 0.725. The third kappa shape index (κ3) is 3.10. The predicted molar refractivity (Wildman–Crippen MR) is 53.9 cm³/mol. The molecular weight excluding hydrogens is 180 g/mol. The van der Waals surface area contributed by atoms with Gasteiger partial charge in [0.2, 0.25) is 5.91 Å². The maximum atomic E-state index is 11.3. The van der Waals surface area contributed by atoms with Crippen LogP contribution in [0, 0.1) is 6.92 Å². The van der Waals surface area contributed by atoms with Crippen molar-refractivity contribution in [2.75, 3.05) is 18.9 Å². The van der Waals surface area contributed by atoms with Gasteiger partial charge in [-0.1, -0.05) is 0 Å². The minimum atomic E-state index is -0.0303.